The number of hydrogen-bond donors (Lipinski definition) is 1. The number of nitrogens with two attached hydrogens (primary N) is 1. The van der Waals surface area contributed by atoms with Gasteiger partial charge in [-0.1, -0.05) is 11.3 Å². The lowest BCUT2D eigenvalue weighted by molar-refractivity contribution is 0.0641. The standard InChI is InChI=1S/C14H24N4OS/c1-4-17(5-2)14-16-12(15)11(20-14)13(19)18-9-7-6-8-10(18)3/h10H,4-9,15H2,1-3H3. The van der Waals surface area contributed by atoms with Gasteiger partial charge in [0.05, 0.1) is 0 Å². The quantitative estimate of drug-likeness (QED) is 0.927. The fourth-order valence-electron chi connectivity index (χ4n) is 2.63. The third-order valence-electron chi connectivity index (χ3n) is 3.93. The molecule has 0 spiro atoms. The predicted molar refractivity (Wildman–Crippen MR) is 84.4 cm³/mol. The summed E-state index contributed by atoms with van der Waals surface area (Å²) in [7, 11) is 0. The van der Waals surface area contributed by atoms with E-state index in [-0.39, 0.29) is 5.91 Å². The summed E-state index contributed by atoms with van der Waals surface area (Å²) in [5.74, 6) is 0.422. The van der Waals surface area contributed by atoms with E-state index in [9.17, 15) is 4.79 Å². The molecule has 5 nitrogen and oxygen atoms in total. The largest absolute Gasteiger partial charge is 0.382 e. The molecule has 1 fully saturated rings. The van der Waals surface area contributed by atoms with Crippen LogP contribution in [-0.4, -0.2) is 41.5 Å². The average molecular weight is 296 g/mol. The maximum absolute atomic E-state index is 12.6. The summed E-state index contributed by atoms with van der Waals surface area (Å²) in [6.07, 6.45) is 3.36. The van der Waals surface area contributed by atoms with Crippen LogP contribution in [0.5, 0.6) is 0 Å². The molecule has 0 bridgehead atoms. The van der Waals surface area contributed by atoms with Gasteiger partial charge in [0, 0.05) is 25.7 Å². The summed E-state index contributed by atoms with van der Waals surface area (Å²) in [5, 5.41) is 0.848. The molecule has 1 atom stereocenters. The Morgan fingerprint density at radius 2 is 2.15 bits per heavy atom. The first-order valence-corrected chi connectivity index (χ1v) is 8.22. The zero-order valence-electron chi connectivity index (χ0n) is 12.6. The number of carbonyl (C=O) groups is 1. The van der Waals surface area contributed by atoms with Crippen LogP contribution in [-0.2, 0) is 0 Å². The molecule has 6 heteroatoms. The van der Waals surface area contributed by atoms with Crippen LogP contribution in [0.1, 0.15) is 49.7 Å². The molecule has 20 heavy (non-hydrogen) atoms. The van der Waals surface area contributed by atoms with Gasteiger partial charge in [-0.3, -0.25) is 4.79 Å². The second kappa shape index (κ2) is 6.43. The summed E-state index contributed by atoms with van der Waals surface area (Å²) in [5.41, 5.74) is 5.97. The second-order valence-electron chi connectivity index (χ2n) is 5.23. The number of anilines is 2. The molecule has 2 heterocycles. The number of aromatic nitrogens is 1. The Morgan fingerprint density at radius 3 is 2.75 bits per heavy atom. The highest BCUT2D eigenvalue weighted by atomic mass is 32.1. The lowest BCUT2D eigenvalue weighted by atomic mass is 10.0. The maximum Gasteiger partial charge on any atom is 0.268 e. The van der Waals surface area contributed by atoms with Crippen molar-refractivity contribution >= 4 is 28.2 Å². The van der Waals surface area contributed by atoms with Crippen molar-refractivity contribution in [3.8, 4) is 0 Å². The molecule has 1 aliphatic rings. The van der Waals surface area contributed by atoms with Crippen LogP contribution >= 0.6 is 11.3 Å². The fraction of sp³-hybridized carbons (Fsp3) is 0.714. The molecule has 1 aliphatic heterocycles. The number of hydrogen-bond acceptors (Lipinski definition) is 5. The van der Waals surface area contributed by atoms with E-state index in [0.717, 1.165) is 37.6 Å². The molecule has 2 N–H and O–H groups in total. The third-order valence-corrected chi connectivity index (χ3v) is 5.05. The van der Waals surface area contributed by atoms with Crippen LogP contribution in [0, 0.1) is 0 Å². The van der Waals surface area contributed by atoms with E-state index >= 15 is 0 Å². The van der Waals surface area contributed by atoms with E-state index in [1.54, 1.807) is 0 Å². The van der Waals surface area contributed by atoms with Gasteiger partial charge in [0.15, 0.2) is 5.13 Å². The van der Waals surface area contributed by atoms with Gasteiger partial charge in [-0.15, -0.1) is 0 Å². The Balaban J connectivity index is 2.21. The summed E-state index contributed by atoms with van der Waals surface area (Å²) >= 11 is 1.42. The number of piperidine rings is 1. The van der Waals surface area contributed by atoms with Crippen LogP contribution < -0.4 is 10.6 Å². The number of nitrogen functional groups attached to an aromatic ring is 1. The Morgan fingerprint density at radius 1 is 1.45 bits per heavy atom. The van der Waals surface area contributed by atoms with Crippen LogP contribution in [0.2, 0.25) is 0 Å². The molecular formula is C14H24N4OS. The van der Waals surface area contributed by atoms with Crippen molar-refractivity contribution in [1.29, 1.82) is 0 Å². The number of carbonyl (C=O) groups excluding carboxylic acids is 1. The summed E-state index contributed by atoms with van der Waals surface area (Å²) in [6, 6.07) is 0.301. The molecule has 0 aromatic carbocycles. The summed E-state index contributed by atoms with van der Waals surface area (Å²) in [4.78, 5) is 21.7. The minimum absolute atomic E-state index is 0.0469. The average Bonchev–Trinajstić information content (AvgIpc) is 2.82. The highest BCUT2D eigenvalue weighted by Gasteiger charge is 2.28. The normalized spacial score (nSPS) is 19.1. The Bertz CT molecular complexity index is 470. The van der Waals surface area contributed by atoms with Gasteiger partial charge in [0.1, 0.15) is 10.7 Å². The van der Waals surface area contributed by atoms with Crippen molar-refractivity contribution in [2.75, 3.05) is 30.3 Å². The summed E-state index contributed by atoms with van der Waals surface area (Å²) in [6.45, 7) is 8.84. The van der Waals surface area contributed by atoms with Gasteiger partial charge < -0.3 is 15.5 Å². The van der Waals surface area contributed by atoms with E-state index in [4.69, 9.17) is 5.73 Å². The first-order chi connectivity index (χ1) is 9.58. The maximum atomic E-state index is 12.6. The lowest BCUT2D eigenvalue weighted by Crippen LogP contribution is -2.41. The first kappa shape index (κ1) is 15.1. The molecular weight excluding hydrogens is 272 g/mol. The first-order valence-electron chi connectivity index (χ1n) is 7.40. The number of rotatable bonds is 4. The lowest BCUT2D eigenvalue weighted by Gasteiger charge is -2.33. The monoisotopic (exact) mass is 296 g/mol. The van der Waals surface area contributed by atoms with E-state index in [1.165, 1.54) is 17.8 Å². The molecule has 0 radical (unpaired) electrons. The van der Waals surface area contributed by atoms with Crippen molar-refractivity contribution in [1.82, 2.24) is 9.88 Å². The predicted octanol–water partition coefficient (Wildman–Crippen LogP) is 2.59. The van der Waals surface area contributed by atoms with Gasteiger partial charge >= 0.3 is 0 Å². The molecule has 2 rings (SSSR count). The second-order valence-corrected chi connectivity index (χ2v) is 6.20. The smallest absolute Gasteiger partial charge is 0.268 e. The zero-order chi connectivity index (χ0) is 14.7. The molecule has 1 amide bonds. The van der Waals surface area contributed by atoms with E-state index in [0.29, 0.717) is 16.7 Å². The molecule has 0 saturated carbocycles. The highest BCUT2D eigenvalue weighted by Crippen LogP contribution is 2.30. The van der Waals surface area contributed by atoms with Crippen LogP contribution in [0.15, 0.2) is 0 Å². The zero-order valence-corrected chi connectivity index (χ0v) is 13.4. The Labute approximate surface area is 124 Å². The third kappa shape index (κ3) is 2.90. The highest BCUT2D eigenvalue weighted by molar-refractivity contribution is 7.18. The molecule has 1 aromatic rings. The fourth-order valence-corrected chi connectivity index (χ4v) is 3.70. The Hall–Kier alpha value is -1.30. The van der Waals surface area contributed by atoms with Crippen molar-refractivity contribution in [2.45, 2.75) is 46.1 Å². The topological polar surface area (TPSA) is 62.5 Å². The van der Waals surface area contributed by atoms with Crippen molar-refractivity contribution < 1.29 is 4.79 Å². The van der Waals surface area contributed by atoms with Gasteiger partial charge in [-0.2, -0.15) is 0 Å². The number of amides is 1. The molecule has 0 aliphatic carbocycles. The molecule has 1 saturated heterocycles. The molecule has 1 unspecified atom stereocenters. The number of likely N-dealkylation sites (tertiary alicyclic amines) is 1. The summed E-state index contributed by atoms with van der Waals surface area (Å²) < 4.78 is 0. The SMILES string of the molecule is CCN(CC)c1nc(N)c(C(=O)N2CCCCC2C)s1. The van der Waals surface area contributed by atoms with E-state index in [1.807, 2.05) is 4.90 Å². The van der Waals surface area contributed by atoms with Crippen molar-refractivity contribution in [3.05, 3.63) is 4.88 Å². The van der Waals surface area contributed by atoms with Gasteiger partial charge in [-0.05, 0) is 40.0 Å². The van der Waals surface area contributed by atoms with Gasteiger partial charge in [-0.25, -0.2) is 4.98 Å². The van der Waals surface area contributed by atoms with Crippen LogP contribution in [0.3, 0.4) is 0 Å². The number of thiazole rings is 1. The van der Waals surface area contributed by atoms with Gasteiger partial charge in [0.2, 0.25) is 0 Å². The van der Waals surface area contributed by atoms with Crippen molar-refractivity contribution in [3.63, 3.8) is 0 Å². The molecule has 1 aromatic heterocycles. The van der Waals surface area contributed by atoms with Gasteiger partial charge in [0.25, 0.3) is 5.91 Å². The minimum Gasteiger partial charge on any atom is -0.382 e. The minimum atomic E-state index is 0.0469. The number of nitrogens with zero attached hydrogens (tertiary/aromatic N) is 3. The van der Waals surface area contributed by atoms with E-state index < -0.39 is 0 Å². The van der Waals surface area contributed by atoms with E-state index in [2.05, 4.69) is 30.7 Å². The van der Waals surface area contributed by atoms with Crippen molar-refractivity contribution in [2.24, 2.45) is 0 Å². The van der Waals surface area contributed by atoms with Crippen LogP contribution in [0.4, 0.5) is 10.9 Å². The van der Waals surface area contributed by atoms with Crippen LogP contribution in [0.25, 0.3) is 0 Å². The molecule has 112 valence electrons. The Kier molecular flexibility index (Phi) is 4.86.